The predicted octanol–water partition coefficient (Wildman–Crippen LogP) is 3.08. The third-order valence-electron chi connectivity index (χ3n) is 2.38. The molecule has 1 aromatic heterocycles. The van der Waals surface area contributed by atoms with Crippen LogP contribution in [0.5, 0.6) is 0 Å². The molecule has 0 bridgehead atoms. The summed E-state index contributed by atoms with van der Waals surface area (Å²) in [5.41, 5.74) is 1.07. The fourth-order valence-corrected chi connectivity index (χ4v) is 1.96. The maximum Gasteiger partial charge on any atom is 0.244 e. The zero-order chi connectivity index (χ0) is 13.1. The van der Waals surface area contributed by atoms with Crippen molar-refractivity contribution in [3.05, 3.63) is 28.5 Å². The smallest absolute Gasteiger partial charge is 0.244 e. The number of nitrogens with one attached hydrogen (secondary N) is 1. The first-order chi connectivity index (χ1) is 8.83. The standard InChI is InChI=1S/C14H21NO2S/c1-2-3-9-17-10-4-8-15-14(16)6-5-13-7-11-18-12-13/h5-7,11-12H,2-4,8-10H2,1H3,(H,15,16)/b6-5+. The molecule has 0 saturated heterocycles. The van der Waals surface area contributed by atoms with E-state index in [4.69, 9.17) is 4.74 Å². The van der Waals surface area contributed by atoms with Gasteiger partial charge < -0.3 is 10.1 Å². The van der Waals surface area contributed by atoms with Crippen molar-refractivity contribution in [3.63, 3.8) is 0 Å². The Labute approximate surface area is 113 Å². The third kappa shape index (κ3) is 7.25. The molecule has 0 radical (unpaired) electrons. The first-order valence-corrected chi connectivity index (χ1v) is 7.33. The molecular weight excluding hydrogens is 246 g/mol. The number of ether oxygens (including phenoxy) is 1. The average molecular weight is 267 g/mol. The van der Waals surface area contributed by atoms with Crippen molar-refractivity contribution in [2.45, 2.75) is 26.2 Å². The molecule has 1 heterocycles. The maximum absolute atomic E-state index is 11.4. The van der Waals surface area contributed by atoms with Crippen LogP contribution in [0.25, 0.3) is 6.08 Å². The molecule has 0 aliphatic carbocycles. The Kier molecular flexibility index (Phi) is 8.17. The van der Waals surface area contributed by atoms with Crippen molar-refractivity contribution in [2.75, 3.05) is 19.8 Å². The summed E-state index contributed by atoms with van der Waals surface area (Å²) in [7, 11) is 0. The molecule has 0 spiro atoms. The van der Waals surface area contributed by atoms with Crippen LogP contribution in [0.3, 0.4) is 0 Å². The van der Waals surface area contributed by atoms with Gasteiger partial charge in [-0.05, 0) is 41.3 Å². The predicted molar refractivity (Wildman–Crippen MR) is 76.7 cm³/mol. The van der Waals surface area contributed by atoms with Gasteiger partial charge in [0.15, 0.2) is 0 Å². The number of amides is 1. The Morgan fingerprint density at radius 1 is 1.44 bits per heavy atom. The molecule has 3 nitrogen and oxygen atoms in total. The van der Waals surface area contributed by atoms with Crippen LogP contribution in [0.1, 0.15) is 31.7 Å². The molecule has 0 fully saturated rings. The Morgan fingerprint density at radius 2 is 2.28 bits per heavy atom. The Morgan fingerprint density at radius 3 is 3.00 bits per heavy atom. The molecule has 100 valence electrons. The van der Waals surface area contributed by atoms with Crippen LogP contribution in [0, 0.1) is 0 Å². The van der Waals surface area contributed by atoms with Crippen LogP contribution in [-0.2, 0) is 9.53 Å². The summed E-state index contributed by atoms with van der Waals surface area (Å²) < 4.78 is 5.41. The summed E-state index contributed by atoms with van der Waals surface area (Å²) in [4.78, 5) is 11.4. The second-order valence-corrected chi connectivity index (χ2v) is 4.78. The number of hydrogen-bond acceptors (Lipinski definition) is 3. The normalized spacial score (nSPS) is 10.9. The van der Waals surface area contributed by atoms with E-state index in [0.717, 1.165) is 31.4 Å². The van der Waals surface area contributed by atoms with Gasteiger partial charge in [-0.2, -0.15) is 11.3 Å². The van der Waals surface area contributed by atoms with Gasteiger partial charge in [0.1, 0.15) is 0 Å². The lowest BCUT2D eigenvalue weighted by Crippen LogP contribution is -2.23. The second kappa shape index (κ2) is 9.85. The zero-order valence-corrected chi connectivity index (χ0v) is 11.7. The van der Waals surface area contributed by atoms with Gasteiger partial charge >= 0.3 is 0 Å². The topological polar surface area (TPSA) is 38.3 Å². The van der Waals surface area contributed by atoms with E-state index in [-0.39, 0.29) is 5.91 Å². The highest BCUT2D eigenvalue weighted by atomic mass is 32.1. The largest absolute Gasteiger partial charge is 0.381 e. The fourth-order valence-electron chi connectivity index (χ4n) is 1.33. The van der Waals surface area contributed by atoms with Crippen LogP contribution in [0.4, 0.5) is 0 Å². The van der Waals surface area contributed by atoms with E-state index in [1.165, 1.54) is 0 Å². The SMILES string of the molecule is CCCCOCCCNC(=O)/C=C/c1ccsc1. The van der Waals surface area contributed by atoms with E-state index in [9.17, 15) is 4.79 Å². The highest BCUT2D eigenvalue weighted by molar-refractivity contribution is 7.08. The minimum Gasteiger partial charge on any atom is -0.381 e. The lowest BCUT2D eigenvalue weighted by Gasteiger charge is -2.03. The van der Waals surface area contributed by atoms with Gasteiger partial charge in [-0.1, -0.05) is 13.3 Å². The number of rotatable bonds is 9. The molecule has 0 saturated carbocycles. The van der Waals surface area contributed by atoms with Crippen LogP contribution in [0.2, 0.25) is 0 Å². The van der Waals surface area contributed by atoms with E-state index in [1.54, 1.807) is 17.4 Å². The van der Waals surface area contributed by atoms with Crippen molar-refractivity contribution in [1.29, 1.82) is 0 Å². The van der Waals surface area contributed by atoms with Gasteiger partial charge in [-0.3, -0.25) is 4.79 Å². The van der Waals surface area contributed by atoms with Crippen molar-refractivity contribution in [1.82, 2.24) is 5.32 Å². The Balaban J connectivity index is 2.00. The molecule has 0 aliphatic heterocycles. The summed E-state index contributed by atoms with van der Waals surface area (Å²) in [5.74, 6) is -0.0465. The minimum absolute atomic E-state index is 0.0465. The van der Waals surface area contributed by atoms with Gasteiger partial charge in [0.25, 0.3) is 0 Å². The quantitative estimate of drug-likeness (QED) is 0.551. The molecule has 0 aliphatic rings. The first kappa shape index (κ1) is 14.9. The second-order valence-electron chi connectivity index (χ2n) is 4.00. The van der Waals surface area contributed by atoms with Gasteiger partial charge in [0.2, 0.25) is 5.91 Å². The van der Waals surface area contributed by atoms with Gasteiger partial charge in [-0.15, -0.1) is 0 Å². The molecular formula is C14H21NO2S. The number of hydrogen-bond donors (Lipinski definition) is 1. The highest BCUT2D eigenvalue weighted by Crippen LogP contribution is 2.07. The van der Waals surface area contributed by atoms with Crippen molar-refractivity contribution >= 4 is 23.3 Å². The van der Waals surface area contributed by atoms with Crippen LogP contribution >= 0.6 is 11.3 Å². The minimum atomic E-state index is -0.0465. The van der Waals surface area contributed by atoms with E-state index >= 15 is 0 Å². The van der Waals surface area contributed by atoms with E-state index in [0.29, 0.717) is 13.2 Å². The molecule has 0 atom stereocenters. The maximum atomic E-state index is 11.4. The summed E-state index contributed by atoms with van der Waals surface area (Å²) in [6, 6.07) is 1.98. The molecule has 1 N–H and O–H groups in total. The average Bonchev–Trinajstić information content (AvgIpc) is 2.88. The van der Waals surface area contributed by atoms with Gasteiger partial charge in [0, 0.05) is 25.8 Å². The van der Waals surface area contributed by atoms with Crippen molar-refractivity contribution in [2.24, 2.45) is 0 Å². The third-order valence-corrected chi connectivity index (χ3v) is 3.08. The van der Waals surface area contributed by atoms with Crippen LogP contribution in [0.15, 0.2) is 22.9 Å². The summed E-state index contributed by atoms with van der Waals surface area (Å²) in [6.45, 7) is 4.35. The lowest BCUT2D eigenvalue weighted by atomic mass is 10.3. The first-order valence-electron chi connectivity index (χ1n) is 6.38. The molecule has 1 aromatic rings. The molecule has 0 unspecified atom stereocenters. The summed E-state index contributed by atoms with van der Waals surface area (Å²) >= 11 is 1.62. The highest BCUT2D eigenvalue weighted by Gasteiger charge is 1.95. The number of carbonyl (C=O) groups is 1. The Bertz CT molecular complexity index is 347. The van der Waals surface area contributed by atoms with E-state index in [1.807, 2.05) is 22.9 Å². The van der Waals surface area contributed by atoms with Crippen LogP contribution in [-0.4, -0.2) is 25.7 Å². The number of thiophene rings is 1. The van der Waals surface area contributed by atoms with Crippen LogP contribution < -0.4 is 5.32 Å². The Hall–Kier alpha value is -1.13. The molecule has 4 heteroatoms. The van der Waals surface area contributed by atoms with E-state index in [2.05, 4.69) is 12.2 Å². The summed E-state index contributed by atoms with van der Waals surface area (Å²) in [6.07, 6.45) is 6.52. The number of unbranched alkanes of at least 4 members (excludes halogenated alkanes) is 1. The molecule has 18 heavy (non-hydrogen) atoms. The molecule has 0 aromatic carbocycles. The van der Waals surface area contributed by atoms with E-state index < -0.39 is 0 Å². The van der Waals surface area contributed by atoms with Crippen molar-refractivity contribution < 1.29 is 9.53 Å². The molecule has 1 rings (SSSR count). The zero-order valence-electron chi connectivity index (χ0n) is 10.9. The van der Waals surface area contributed by atoms with Gasteiger partial charge in [0.05, 0.1) is 0 Å². The molecule has 1 amide bonds. The van der Waals surface area contributed by atoms with Crippen molar-refractivity contribution in [3.8, 4) is 0 Å². The van der Waals surface area contributed by atoms with Gasteiger partial charge in [-0.25, -0.2) is 0 Å². The lowest BCUT2D eigenvalue weighted by molar-refractivity contribution is -0.116. The summed E-state index contributed by atoms with van der Waals surface area (Å²) in [5, 5.41) is 6.83. The monoisotopic (exact) mass is 267 g/mol. The fraction of sp³-hybridized carbons (Fsp3) is 0.500. The number of carbonyl (C=O) groups excluding carboxylic acids is 1.